The molecule has 1 fully saturated rings. The van der Waals surface area contributed by atoms with Crippen molar-refractivity contribution in [3.63, 3.8) is 0 Å². The highest BCUT2D eigenvalue weighted by atomic mass is 32.2. The average molecular weight is 409 g/mol. The first-order chi connectivity index (χ1) is 12.9. The molecule has 3 rings (SSSR count). The van der Waals surface area contributed by atoms with Crippen LogP contribution in [-0.2, 0) is 14.4 Å². The van der Waals surface area contributed by atoms with E-state index in [2.05, 4.69) is 15.5 Å². The largest absolute Gasteiger partial charge is 0.477 e. The van der Waals surface area contributed by atoms with Gasteiger partial charge in [0.2, 0.25) is 0 Å². The Hall–Kier alpha value is -2.86. The van der Waals surface area contributed by atoms with Crippen molar-refractivity contribution < 1.29 is 24.7 Å². The zero-order chi connectivity index (χ0) is 19.7. The maximum absolute atomic E-state index is 12.5. The number of thioether (sulfide) groups is 1. The van der Waals surface area contributed by atoms with E-state index in [9.17, 15) is 19.5 Å². The minimum absolute atomic E-state index is 0.0823. The number of aromatic nitrogens is 1. The monoisotopic (exact) mass is 409 g/mol. The number of allylic oxidation sites excluding steroid dienone is 2. The summed E-state index contributed by atoms with van der Waals surface area (Å²) in [6.07, 6.45) is 3.35. The van der Waals surface area contributed by atoms with Crippen molar-refractivity contribution in [2.75, 3.05) is 11.5 Å². The molecule has 0 aromatic carbocycles. The molecule has 1 aromatic heterocycles. The van der Waals surface area contributed by atoms with E-state index in [1.54, 1.807) is 19.1 Å². The van der Waals surface area contributed by atoms with Crippen molar-refractivity contribution in [1.82, 2.24) is 15.2 Å². The van der Waals surface area contributed by atoms with Crippen LogP contribution in [-0.4, -0.2) is 60.9 Å². The Kier molecular flexibility index (Phi) is 5.19. The highest BCUT2D eigenvalue weighted by Crippen LogP contribution is 2.40. The number of thiazole rings is 1. The summed E-state index contributed by atoms with van der Waals surface area (Å²) in [5.74, 6) is -2.17. The highest BCUT2D eigenvalue weighted by molar-refractivity contribution is 8.00. The Labute approximate surface area is 161 Å². The normalized spacial score (nSPS) is 22.6. The van der Waals surface area contributed by atoms with Crippen LogP contribution >= 0.6 is 23.1 Å². The Balaban J connectivity index is 1.79. The number of nitrogens with one attached hydrogen (secondary N) is 1. The molecule has 1 aromatic rings. The number of hydrogen-bond donors (Lipinski definition) is 4. The molecule has 2 atom stereocenters. The van der Waals surface area contributed by atoms with E-state index < -0.39 is 29.2 Å². The number of fused-ring (bicyclic) bond motifs is 1. The molecule has 5 N–H and O–H groups in total. The lowest BCUT2D eigenvalue weighted by Crippen LogP contribution is -2.71. The van der Waals surface area contributed by atoms with E-state index in [1.807, 2.05) is 0 Å². The molecule has 10 nitrogen and oxygen atoms in total. The van der Waals surface area contributed by atoms with E-state index in [1.165, 1.54) is 17.1 Å². The second-order valence-electron chi connectivity index (χ2n) is 5.56. The number of hydrogen-bond acceptors (Lipinski definition) is 9. The van der Waals surface area contributed by atoms with Crippen LogP contribution in [0.1, 0.15) is 12.6 Å². The number of nitrogens with two attached hydrogens (primary N) is 1. The fraction of sp³-hybridized carbons (Fsp3) is 0.267. The molecule has 2 aliphatic heterocycles. The van der Waals surface area contributed by atoms with Crippen LogP contribution in [0.5, 0.6) is 0 Å². The lowest BCUT2D eigenvalue weighted by molar-refractivity contribution is -0.150. The van der Waals surface area contributed by atoms with Gasteiger partial charge >= 0.3 is 5.97 Å². The molecule has 3 heterocycles. The van der Waals surface area contributed by atoms with E-state index in [0.29, 0.717) is 11.3 Å². The van der Waals surface area contributed by atoms with Crippen molar-refractivity contribution in [1.29, 1.82) is 0 Å². The molecule has 0 radical (unpaired) electrons. The SMILES string of the molecule is C/C=C\C1=C(C(=O)O)N2C(=O)C(NC(=O)/C(=N\O)c3csc(N)n3)C2SC1. The summed E-state index contributed by atoms with van der Waals surface area (Å²) in [4.78, 5) is 41.5. The number of carboxylic acids is 1. The molecule has 2 unspecified atom stereocenters. The van der Waals surface area contributed by atoms with Gasteiger partial charge in [-0.1, -0.05) is 17.3 Å². The van der Waals surface area contributed by atoms with Gasteiger partial charge in [-0.25, -0.2) is 9.78 Å². The average Bonchev–Trinajstić information content (AvgIpc) is 3.05. The van der Waals surface area contributed by atoms with E-state index in [0.717, 1.165) is 16.2 Å². The third-order valence-corrected chi connectivity index (χ3v) is 5.91. The lowest BCUT2D eigenvalue weighted by atomic mass is 10.0. The Morgan fingerprint density at radius 1 is 1.52 bits per heavy atom. The van der Waals surface area contributed by atoms with Gasteiger partial charge in [0, 0.05) is 11.1 Å². The van der Waals surface area contributed by atoms with Gasteiger partial charge in [-0.05, 0) is 12.5 Å². The summed E-state index contributed by atoms with van der Waals surface area (Å²) >= 11 is 2.41. The second-order valence-corrected chi connectivity index (χ2v) is 7.55. The minimum Gasteiger partial charge on any atom is -0.477 e. The fourth-order valence-corrected chi connectivity index (χ4v) is 4.66. The van der Waals surface area contributed by atoms with Crippen molar-refractivity contribution in [3.05, 3.63) is 34.5 Å². The molecule has 12 heteroatoms. The van der Waals surface area contributed by atoms with Crippen LogP contribution in [0, 0.1) is 0 Å². The number of nitrogens with zero attached hydrogens (tertiary/aromatic N) is 3. The van der Waals surface area contributed by atoms with Crippen LogP contribution < -0.4 is 11.1 Å². The first-order valence-corrected chi connectivity index (χ1v) is 9.60. The molecule has 1 saturated heterocycles. The van der Waals surface area contributed by atoms with Gasteiger partial charge in [0.25, 0.3) is 11.8 Å². The van der Waals surface area contributed by atoms with E-state index >= 15 is 0 Å². The predicted molar refractivity (Wildman–Crippen MR) is 99.3 cm³/mol. The summed E-state index contributed by atoms with van der Waals surface area (Å²) in [5.41, 5.74) is 5.66. The Morgan fingerprint density at radius 2 is 2.26 bits per heavy atom. The molecular weight excluding hydrogens is 394 g/mol. The smallest absolute Gasteiger partial charge is 0.352 e. The van der Waals surface area contributed by atoms with Crippen LogP contribution in [0.4, 0.5) is 5.13 Å². The van der Waals surface area contributed by atoms with Gasteiger partial charge in [-0.2, -0.15) is 0 Å². The van der Waals surface area contributed by atoms with E-state index in [-0.39, 0.29) is 22.2 Å². The van der Waals surface area contributed by atoms with Crippen molar-refractivity contribution in [2.45, 2.75) is 18.3 Å². The van der Waals surface area contributed by atoms with Crippen LogP contribution in [0.25, 0.3) is 0 Å². The molecule has 142 valence electrons. The maximum Gasteiger partial charge on any atom is 0.352 e. The quantitative estimate of drug-likeness (QED) is 0.233. The number of amides is 2. The van der Waals surface area contributed by atoms with Crippen molar-refractivity contribution in [2.24, 2.45) is 5.16 Å². The number of anilines is 1. The van der Waals surface area contributed by atoms with Crippen LogP contribution in [0.2, 0.25) is 0 Å². The summed E-state index contributed by atoms with van der Waals surface area (Å²) in [6.45, 7) is 1.76. The predicted octanol–water partition coefficient (Wildman–Crippen LogP) is 0.218. The van der Waals surface area contributed by atoms with Crippen LogP contribution in [0.3, 0.4) is 0 Å². The minimum atomic E-state index is -1.21. The molecular formula is C15H15N5O5S2. The highest BCUT2D eigenvalue weighted by Gasteiger charge is 2.54. The Morgan fingerprint density at radius 3 is 2.81 bits per heavy atom. The molecule has 0 bridgehead atoms. The standard InChI is InChI=1S/C15H15N5O5S2/c1-2-3-6-4-26-13-9(12(22)20(13)10(6)14(23)24)18-11(21)8(19-25)7-5-27-15(16)17-7/h2-3,5,9,13,25H,4H2,1H3,(H2,16,17)(H,18,21)(H,23,24)/b3-2-,19-8-. The molecule has 27 heavy (non-hydrogen) atoms. The summed E-state index contributed by atoms with van der Waals surface area (Å²) in [7, 11) is 0. The number of nitrogen functional groups attached to an aromatic ring is 1. The number of rotatable bonds is 5. The van der Waals surface area contributed by atoms with Crippen molar-refractivity contribution in [3.8, 4) is 0 Å². The third-order valence-electron chi connectivity index (χ3n) is 3.93. The molecule has 0 aliphatic carbocycles. The van der Waals surface area contributed by atoms with Gasteiger partial charge in [-0.3, -0.25) is 14.5 Å². The van der Waals surface area contributed by atoms with Crippen molar-refractivity contribution >= 4 is 51.7 Å². The topological polar surface area (TPSA) is 158 Å². The van der Waals surface area contributed by atoms with Gasteiger partial charge < -0.3 is 21.4 Å². The first kappa shape index (κ1) is 18.9. The summed E-state index contributed by atoms with van der Waals surface area (Å²) < 4.78 is 0. The summed E-state index contributed by atoms with van der Waals surface area (Å²) in [6, 6.07) is -0.934. The second kappa shape index (κ2) is 7.40. The number of β-lactam (4-membered cyclic amide) rings is 1. The number of carbonyl (C=O) groups excluding carboxylic acids is 2. The maximum atomic E-state index is 12.5. The molecule has 2 amide bonds. The van der Waals surface area contributed by atoms with Gasteiger partial charge in [0.15, 0.2) is 10.8 Å². The van der Waals surface area contributed by atoms with Gasteiger partial charge in [-0.15, -0.1) is 23.1 Å². The fourth-order valence-electron chi connectivity index (χ4n) is 2.79. The first-order valence-electron chi connectivity index (χ1n) is 7.67. The van der Waals surface area contributed by atoms with Gasteiger partial charge in [0.05, 0.1) is 0 Å². The Bertz CT molecular complexity index is 906. The lowest BCUT2D eigenvalue weighted by Gasteiger charge is -2.49. The number of carbonyl (C=O) groups is 3. The zero-order valence-electron chi connectivity index (χ0n) is 13.9. The molecule has 2 aliphatic rings. The van der Waals surface area contributed by atoms with E-state index in [4.69, 9.17) is 10.9 Å². The zero-order valence-corrected chi connectivity index (χ0v) is 15.6. The van der Waals surface area contributed by atoms with Gasteiger partial charge in [0.1, 0.15) is 22.8 Å². The third kappa shape index (κ3) is 3.28. The number of aliphatic carboxylic acids is 1. The molecule has 0 saturated carbocycles. The number of oxime groups is 1. The van der Waals surface area contributed by atoms with Crippen LogP contribution in [0.15, 0.2) is 34.0 Å². The summed E-state index contributed by atoms with van der Waals surface area (Å²) in [5, 5.41) is 25.1. The molecule has 0 spiro atoms. The number of carboxylic acid groups (broad SMARTS) is 1.